The van der Waals surface area contributed by atoms with Crippen molar-refractivity contribution in [2.24, 2.45) is 0 Å². The average Bonchev–Trinajstić information content (AvgIpc) is 2.71. The maximum Gasteiger partial charge on any atom is 0.101 e. The Morgan fingerprint density at radius 1 is 1.32 bits per heavy atom. The Morgan fingerprint density at radius 3 is 2.63 bits per heavy atom. The highest BCUT2D eigenvalue weighted by atomic mass is 32.1. The maximum absolute atomic E-state index is 9.19. The molecule has 0 amide bonds. The predicted molar refractivity (Wildman–Crippen MR) is 79.5 cm³/mol. The van der Waals surface area contributed by atoms with Crippen LogP contribution >= 0.6 is 11.3 Å². The fourth-order valence-corrected chi connectivity index (χ4v) is 3.11. The molecule has 4 heteroatoms. The number of anilines is 1. The van der Waals surface area contributed by atoms with Crippen LogP contribution in [0.5, 0.6) is 0 Å². The number of para-hydroxylation sites is 1. The van der Waals surface area contributed by atoms with Crippen LogP contribution < -0.4 is 5.32 Å². The average molecular weight is 271 g/mol. The summed E-state index contributed by atoms with van der Waals surface area (Å²) in [6, 6.07) is 8.15. The molecule has 0 fully saturated rings. The zero-order chi connectivity index (χ0) is 14.0. The molecule has 1 heterocycles. The van der Waals surface area contributed by atoms with E-state index < -0.39 is 0 Å². The number of thiazole rings is 1. The first kappa shape index (κ1) is 13.6. The highest BCUT2D eigenvalue weighted by Gasteiger charge is 2.15. The lowest BCUT2D eigenvalue weighted by Gasteiger charge is -2.17. The number of nitrogens with zero attached hydrogens (tertiary/aromatic N) is 2. The van der Waals surface area contributed by atoms with Gasteiger partial charge in [0, 0.05) is 4.88 Å². The molecular formula is C15H17N3S. The number of aromatic nitrogens is 1. The zero-order valence-electron chi connectivity index (χ0n) is 11.6. The molecule has 0 saturated carbocycles. The van der Waals surface area contributed by atoms with Gasteiger partial charge in [-0.1, -0.05) is 12.1 Å². The second-order valence-electron chi connectivity index (χ2n) is 4.66. The molecule has 19 heavy (non-hydrogen) atoms. The van der Waals surface area contributed by atoms with E-state index in [9.17, 15) is 5.26 Å². The van der Waals surface area contributed by atoms with E-state index in [2.05, 4.69) is 23.3 Å². The quantitative estimate of drug-likeness (QED) is 0.913. The summed E-state index contributed by atoms with van der Waals surface area (Å²) in [4.78, 5) is 5.68. The van der Waals surface area contributed by atoms with Crippen molar-refractivity contribution in [3.05, 3.63) is 44.9 Å². The van der Waals surface area contributed by atoms with Crippen molar-refractivity contribution >= 4 is 17.0 Å². The third kappa shape index (κ3) is 2.77. The van der Waals surface area contributed by atoms with Crippen molar-refractivity contribution in [1.82, 2.24) is 4.98 Å². The molecule has 0 aliphatic carbocycles. The van der Waals surface area contributed by atoms with Crippen LogP contribution in [0.3, 0.4) is 0 Å². The van der Waals surface area contributed by atoms with Crippen molar-refractivity contribution in [2.75, 3.05) is 5.32 Å². The molecule has 1 aromatic carbocycles. The molecule has 0 saturated heterocycles. The van der Waals surface area contributed by atoms with Crippen LogP contribution in [0.2, 0.25) is 0 Å². The van der Waals surface area contributed by atoms with Crippen molar-refractivity contribution in [3.63, 3.8) is 0 Å². The Balaban J connectivity index is 2.32. The largest absolute Gasteiger partial charge is 0.376 e. The van der Waals surface area contributed by atoms with Crippen molar-refractivity contribution in [2.45, 2.75) is 33.7 Å². The summed E-state index contributed by atoms with van der Waals surface area (Å²) < 4.78 is 0. The van der Waals surface area contributed by atoms with Crippen molar-refractivity contribution in [1.29, 1.82) is 5.26 Å². The Kier molecular flexibility index (Phi) is 3.87. The summed E-state index contributed by atoms with van der Waals surface area (Å²) >= 11 is 1.70. The number of hydrogen-bond acceptors (Lipinski definition) is 4. The van der Waals surface area contributed by atoms with E-state index in [1.165, 1.54) is 4.88 Å². The molecule has 1 N–H and O–H groups in total. The molecule has 0 radical (unpaired) electrons. The van der Waals surface area contributed by atoms with Gasteiger partial charge in [-0.05, 0) is 39.3 Å². The van der Waals surface area contributed by atoms with Gasteiger partial charge < -0.3 is 5.32 Å². The van der Waals surface area contributed by atoms with Crippen LogP contribution in [0.4, 0.5) is 5.69 Å². The van der Waals surface area contributed by atoms with Gasteiger partial charge in [0.05, 0.1) is 28.0 Å². The Morgan fingerprint density at radius 2 is 2.05 bits per heavy atom. The molecule has 0 aliphatic rings. The molecule has 2 aromatic rings. The van der Waals surface area contributed by atoms with Crippen LogP contribution in [-0.2, 0) is 0 Å². The number of rotatable bonds is 3. The standard InChI is InChI=1S/C15H17N3S/c1-9-6-5-7-13(8-16)14(9)18-11(3)15-10(2)17-12(4)19-15/h5-7,11,18H,1-4H3. The lowest BCUT2D eigenvalue weighted by Crippen LogP contribution is -2.08. The molecule has 1 unspecified atom stereocenters. The third-order valence-electron chi connectivity index (χ3n) is 3.09. The smallest absolute Gasteiger partial charge is 0.101 e. The Hall–Kier alpha value is -1.86. The number of nitriles is 1. The lowest BCUT2D eigenvalue weighted by atomic mass is 10.1. The molecule has 0 aliphatic heterocycles. The fourth-order valence-electron chi connectivity index (χ4n) is 2.18. The molecule has 0 spiro atoms. The van der Waals surface area contributed by atoms with Crippen molar-refractivity contribution < 1.29 is 0 Å². The van der Waals surface area contributed by atoms with Gasteiger partial charge in [-0.15, -0.1) is 11.3 Å². The normalized spacial score (nSPS) is 11.9. The van der Waals surface area contributed by atoms with E-state index in [1.54, 1.807) is 11.3 Å². The minimum Gasteiger partial charge on any atom is -0.376 e. The van der Waals surface area contributed by atoms with Crippen LogP contribution in [0, 0.1) is 32.1 Å². The van der Waals surface area contributed by atoms with Gasteiger partial charge in [0.2, 0.25) is 0 Å². The predicted octanol–water partition coefficient (Wildman–Crippen LogP) is 4.11. The Labute approximate surface area is 117 Å². The first-order chi connectivity index (χ1) is 9.02. The van der Waals surface area contributed by atoms with Gasteiger partial charge >= 0.3 is 0 Å². The molecule has 1 atom stereocenters. The number of benzene rings is 1. The van der Waals surface area contributed by atoms with Crippen LogP contribution in [0.1, 0.15) is 39.7 Å². The number of hydrogen-bond donors (Lipinski definition) is 1. The van der Waals surface area contributed by atoms with Gasteiger partial charge in [-0.25, -0.2) is 4.98 Å². The van der Waals surface area contributed by atoms with Gasteiger partial charge in [0.1, 0.15) is 6.07 Å². The second-order valence-corrected chi connectivity index (χ2v) is 5.89. The molecule has 1 aromatic heterocycles. The summed E-state index contributed by atoms with van der Waals surface area (Å²) in [5.74, 6) is 0. The summed E-state index contributed by atoms with van der Waals surface area (Å²) in [5.41, 5.74) is 3.76. The summed E-state index contributed by atoms with van der Waals surface area (Å²) in [5, 5.41) is 13.7. The topological polar surface area (TPSA) is 48.7 Å². The van der Waals surface area contributed by atoms with Crippen LogP contribution in [0.15, 0.2) is 18.2 Å². The van der Waals surface area contributed by atoms with Gasteiger partial charge in [0.25, 0.3) is 0 Å². The highest BCUT2D eigenvalue weighted by molar-refractivity contribution is 7.11. The molecular weight excluding hydrogens is 254 g/mol. The van der Waals surface area contributed by atoms with Gasteiger partial charge in [-0.2, -0.15) is 5.26 Å². The monoisotopic (exact) mass is 271 g/mol. The zero-order valence-corrected chi connectivity index (χ0v) is 12.4. The summed E-state index contributed by atoms with van der Waals surface area (Å²) in [6.45, 7) is 8.16. The summed E-state index contributed by atoms with van der Waals surface area (Å²) in [6.07, 6.45) is 0. The van der Waals surface area contributed by atoms with Crippen LogP contribution in [-0.4, -0.2) is 4.98 Å². The first-order valence-corrected chi connectivity index (χ1v) is 7.04. The van der Waals surface area contributed by atoms with E-state index in [1.807, 2.05) is 39.0 Å². The summed E-state index contributed by atoms with van der Waals surface area (Å²) in [7, 11) is 0. The van der Waals surface area contributed by atoms with Gasteiger partial charge in [0.15, 0.2) is 0 Å². The van der Waals surface area contributed by atoms with E-state index in [4.69, 9.17) is 0 Å². The third-order valence-corrected chi connectivity index (χ3v) is 4.34. The molecule has 3 nitrogen and oxygen atoms in total. The minimum absolute atomic E-state index is 0.152. The SMILES string of the molecule is Cc1nc(C)c(C(C)Nc2c(C)cccc2C#N)s1. The van der Waals surface area contributed by atoms with Crippen LogP contribution in [0.25, 0.3) is 0 Å². The second kappa shape index (κ2) is 5.41. The highest BCUT2D eigenvalue weighted by Crippen LogP contribution is 2.30. The molecule has 98 valence electrons. The minimum atomic E-state index is 0.152. The molecule has 0 bridgehead atoms. The number of aryl methyl sites for hydroxylation is 3. The Bertz CT molecular complexity index is 637. The maximum atomic E-state index is 9.19. The van der Waals surface area contributed by atoms with E-state index in [0.29, 0.717) is 5.56 Å². The number of nitrogens with one attached hydrogen (secondary N) is 1. The first-order valence-electron chi connectivity index (χ1n) is 6.23. The van der Waals surface area contributed by atoms with E-state index in [-0.39, 0.29) is 6.04 Å². The fraction of sp³-hybridized carbons (Fsp3) is 0.333. The van der Waals surface area contributed by atoms with E-state index in [0.717, 1.165) is 22.0 Å². The van der Waals surface area contributed by atoms with E-state index >= 15 is 0 Å². The van der Waals surface area contributed by atoms with Crippen molar-refractivity contribution in [3.8, 4) is 6.07 Å². The molecule has 2 rings (SSSR count). The lowest BCUT2D eigenvalue weighted by molar-refractivity contribution is 0.887. The van der Waals surface area contributed by atoms with Gasteiger partial charge in [-0.3, -0.25) is 0 Å².